The van der Waals surface area contributed by atoms with Gasteiger partial charge in [0, 0.05) is 31.5 Å². The fraction of sp³-hybridized carbons (Fsp3) is 0.571. The molecule has 0 aliphatic carbocycles. The van der Waals surface area contributed by atoms with E-state index in [1.165, 1.54) is 25.5 Å². The Morgan fingerprint density at radius 2 is 2.06 bits per heavy atom. The molecule has 1 unspecified atom stereocenters. The van der Waals surface area contributed by atoms with Gasteiger partial charge in [0.1, 0.15) is 0 Å². The van der Waals surface area contributed by atoms with Crippen LogP contribution in [-0.2, 0) is 11.2 Å². The molecule has 3 heteroatoms. The Kier molecular flexibility index (Phi) is 4.02. The van der Waals surface area contributed by atoms with E-state index in [0.717, 1.165) is 30.8 Å². The Hall–Kier alpha value is -1.06. The molecule has 1 N–H and O–H groups in total. The Bertz CT molecular complexity index is 372. The van der Waals surface area contributed by atoms with Crippen LogP contribution >= 0.6 is 0 Å². The molecule has 1 aromatic carbocycles. The first-order chi connectivity index (χ1) is 8.26. The van der Waals surface area contributed by atoms with Crippen LogP contribution in [0.3, 0.4) is 0 Å². The first kappa shape index (κ1) is 12.4. The molecule has 0 spiro atoms. The predicted molar refractivity (Wildman–Crippen MR) is 69.2 cm³/mol. The topological polar surface area (TPSA) is 32.7 Å². The second-order valence-electron chi connectivity index (χ2n) is 4.53. The molecular weight excluding hydrogens is 214 g/mol. The molecule has 0 radical (unpaired) electrons. The molecule has 1 fully saturated rings. The van der Waals surface area contributed by atoms with Gasteiger partial charge in [-0.25, -0.2) is 0 Å². The SMILES string of the molecule is CCc1ccc(N2CCCC2)c(C(O)OC)c1. The number of hydrogen-bond acceptors (Lipinski definition) is 3. The van der Waals surface area contributed by atoms with Gasteiger partial charge in [-0.3, -0.25) is 0 Å². The molecule has 0 aromatic heterocycles. The number of aryl methyl sites for hydroxylation is 1. The molecule has 17 heavy (non-hydrogen) atoms. The summed E-state index contributed by atoms with van der Waals surface area (Å²) >= 11 is 0. The van der Waals surface area contributed by atoms with Crippen molar-refractivity contribution in [1.29, 1.82) is 0 Å². The fourth-order valence-electron chi connectivity index (χ4n) is 2.39. The Labute approximate surface area is 103 Å². The van der Waals surface area contributed by atoms with E-state index in [1.54, 1.807) is 0 Å². The number of hydrogen-bond donors (Lipinski definition) is 1. The zero-order valence-electron chi connectivity index (χ0n) is 10.6. The summed E-state index contributed by atoms with van der Waals surface area (Å²) in [6.45, 7) is 4.28. The van der Waals surface area contributed by atoms with Crippen molar-refractivity contribution in [3.8, 4) is 0 Å². The van der Waals surface area contributed by atoms with Gasteiger partial charge >= 0.3 is 0 Å². The summed E-state index contributed by atoms with van der Waals surface area (Å²) in [5, 5.41) is 9.94. The lowest BCUT2D eigenvalue weighted by molar-refractivity contribution is -0.0766. The Morgan fingerprint density at radius 3 is 2.65 bits per heavy atom. The molecule has 1 aliphatic rings. The van der Waals surface area contributed by atoms with Gasteiger partial charge in [-0.05, 0) is 37.0 Å². The Morgan fingerprint density at radius 1 is 1.35 bits per heavy atom. The third-order valence-corrected chi connectivity index (χ3v) is 3.44. The predicted octanol–water partition coefficient (Wildman–Crippen LogP) is 2.49. The van der Waals surface area contributed by atoms with Gasteiger partial charge in [0.2, 0.25) is 0 Å². The molecule has 2 rings (SSSR count). The van der Waals surface area contributed by atoms with Crippen molar-refractivity contribution in [2.45, 2.75) is 32.5 Å². The largest absolute Gasteiger partial charge is 0.371 e. The van der Waals surface area contributed by atoms with Gasteiger partial charge in [0.05, 0.1) is 0 Å². The van der Waals surface area contributed by atoms with Gasteiger partial charge in [0.15, 0.2) is 6.29 Å². The molecule has 1 heterocycles. The minimum absolute atomic E-state index is 0.822. The lowest BCUT2D eigenvalue weighted by atomic mass is 10.1. The van der Waals surface area contributed by atoms with Gasteiger partial charge < -0.3 is 14.7 Å². The molecule has 1 saturated heterocycles. The van der Waals surface area contributed by atoms with Crippen molar-refractivity contribution in [2.24, 2.45) is 0 Å². The highest BCUT2D eigenvalue weighted by molar-refractivity contribution is 5.56. The van der Waals surface area contributed by atoms with Gasteiger partial charge in [0.25, 0.3) is 0 Å². The molecule has 0 saturated carbocycles. The van der Waals surface area contributed by atoms with E-state index in [-0.39, 0.29) is 0 Å². The van der Waals surface area contributed by atoms with Crippen LogP contribution in [0.2, 0.25) is 0 Å². The number of aliphatic hydroxyl groups is 1. The lowest BCUT2D eigenvalue weighted by Crippen LogP contribution is -2.20. The molecule has 0 amide bonds. The second kappa shape index (κ2) is 5.52. The molecular formula is C14H21NO2. The minimum atomic E-state index is -0.822. The highest BCUT2D eigenvalue weighted by Gasteiger charge is 2.19. The molecule has 1 aromatic rings. The quantitative estimate of drug-likeness (QED) is 0.814. The first-order valence-electron chi connectivity index (χ1n) is 6.35. The molecule has 0 bridgehead atoms. The van der Waals surface area contributed by atoms with E-state index >= 15 is 0 Å². The summed E-state index contributed by atoms with van der Waals surface area (Å²) < 4.78 is 5.06. The minimum Gasteiger partial charge on any atom is -0.371 e. The van der Waals surface area contributed by atoms with E-state index in [2.05, 4.69) is 30.0 Å². The van der Waals surface area contributed by atoms with Crippen LogP contribution in [0.4, 0.5) is 5.69 Å². The lowest BCUT2D eigenvalue weighted by Gasteiger charge is -2.24. The summed E-state index contributed by atoms with van der Waals surface area (Å²) in [5.41, 5.74) is 3.25. The maximum Gasteiger partial charge on any atom is 0.182 e. The number of benzene rings is 1. The zero-order valence-corrected chi connectivity index (χ0v) is 10.6. The highest BCUT2D eigenvalue weighted by atomic mass is 16.6. The normalized spacial score (nSPS) is 17.5. The number of aliphatic hydroxyl groups excluding tert-OH is 1. The smallest absolute Gasteiger partial charge is 0.182 e. The van der Waals surface area contributed by atoms with Crippen LogP contribution in [0.15, 0.2) is 18.2 Å². The number of anilines is 1. The van der Waals surface area contributed by atoms with Crippen molar-refractivity contribution in [3.63, 3.8) is 0 Å². The fourth-order valence-corrected chi connectivity index (χ4v) is 2.39. The maximum absolute atomic E-state index is 9.94. The van der Waals surface area contributed by atoms with Crippen LogP contribution < -0.4 is 4.90 Å². The van der Waals surface area contributed by atoms with Crippen LogP contribution in [0, 0.1) is 0 Å². The van der Waals surface area contributed by atoms with Gasteiger partial charge in [-0.2, -0.15) is 0 Å². The van der Waals surface area contributed by atoms with E-state index in [1.807, 2.05) is 0 Å². The molecule has 1 aliphatic heterocycles. The van der Waals surface area contributed by atoms with Gasteiger partial charge in [-0.1, -0.05) is 13.0 Å². The van der Waals surface area contributed by atoms with Crippen LogP contribution in [0.5, 0.6) is 0 Å². The van der Waals surface area contributed by atoms with Crippen molar-refractivity contribution >= 4 is 5.69 Å². The van der Waals surface area contributed by atoms with Crippen molar-refractivity contribution in [3.05, 3.63) is 29.3 Å². The average molecular weight is 235 g/mol. The van der Waals surface area contributed by atoms with Crippen molar-refractivity contribution < 1.29 is 9.84 Å². The van der Waals surface area contributed by atoms with E-state index in [0.29, 0.717) is 0 Å². The summed E-state index contributed by atoms with van der Waals surface area (Å²) in [4.78, 5) is 2.33. The highest BCUT2D eigenvalue weighted by Crippen LogP contribution is 2.30. The van der Waals surface area contributed by atoms with Gasteiger partial charge in [-0.15, -0.1) is 0 Å². The summed E-state index contributed by atoms with van der Waals surface area (Å²) in [6, 6.07) is 6.31. The number of methoxy groups -OCH3 is 1. The number of nitrogens with zero attached hydrogens (tertiary/aromatic N) is 1. The number of rotatable bonds is 4. The second-order valence-corrected chi connectivity index (χ2v) is 4.53. The summed E-state index contributed by atoms with van der Waals surface area (Å²) in [5.74, 6) is 0. The molecule has 3 nitrogen and oxygen atoms in total. The van der Waals surface area contributed by atoms with Crippen LogP contribution in [-0.4, -0.2) is 25.3 Å². The standard InChI is InChI=1S/C14H21NO2/c1-3-11-6-7-13(15-8-4-5-9-15)12(10-11)14(16)17-2/h6-7,10,14,16H,3-5,8-9H2,1-2H3. The van der Waals surface area contributed by atoms with E-state index in [4.69, 9.17) is 4.74 Å². The zero-order chi connectivity index (χ0) is 12.3. The maximum atomic E-state index is 9.94. The van der Waals surface area contributed by atoms with E-state index in [9.17, 15) is 5.11 Å². The third-order valence-electron chi connectivity index (χ3n) is 3.44. The van der Waals surface area contributed by atoms with Crippen LogP contribution in [0.1, 0.15) is 37.2 Å². The summed E-state index contributed by atoms with van der Waals surface area (Å²) in [6.07, 6.45) is 2.62. The number of ether oxygens (including phenoxy) is 1. The Balaban J connectivity index is 2.35. The molecule has 1 atom stereocenters. The van der Waals surface area contributed by atoms with Crippen LogP contribution in [0.25, 0.3) is 0 Å². The summed E-state index contributed by atoms with van der Waals surface area (Å²) in [7, 11) is 1.54. The monoisotopic (exact) mass is 235 g/mol. The van der Waals surface area contributed by atoms with Crippen molar-refractivity contribution in [2.75, 3.05) is 25.1 Å². The molecule has 94 valence electrons. The van der Waals surface area contributed by atoms with E-state index < -0.39 is 6.29 Å². The average Bonchev–Trinajstić information content (AvgIpc) is 2.90. The first-order valence-corrected chi connectivity index (χ1v) is 6.35. The third kappa shape index (κ3) is 2.61. The van der Waals surface area contributed by atoms with Crippen molar-refractivity contribution in [1.82, 2.24) is 0 Å².